The maximum atomic E-state index is 14.4. The molecule has 224 valence electrons. The van der Waals surface area contributed by atoms with Crippen LogP contribution in [0.3, 0.4) is 0 Å². The fourth-order valence-electron chi connectivity index (χ4n) is 10.9. The zero-order valence-corrected chi connectivity index (χ0v) is 25.6. The van der Waals surface area contributed by atoms with Gasteiger partial charge < -0.3 is 20.6 Å². The van der Waals surface area contributed by atoms with Crippen molar-refractivity contribution in [2.24, 2.45) is 50.2 Å². The number of allylic oxidation sites excluding steroid dienone is 2. The van der Waals surface area contributed by atoms with Crippen LogP contribution in [-0.2, 0) is 14.4 Å². The summed E-state index contributed by atoms with van der Waals surface area (Å²) in [6, 6.07) is -1.32. The van der Waals surface area contributed by atoms with Crippen LogP contribution in [-0.4, -0.2) is 51.7 Å². The Morgan fingerprint density at radius 3 is 2.25 bits per heavy atom. The Hall–Kier alpha value is -1.73. The van der Waals surface area contributed by atoms with Crippen molar-refractivity contribution in [3.8, 4) is 0 Å². The number of carbonyl (C=O) groups is 3. The second kappa shape index (κ2) is 9.13. The predicted molar refractivity (Wildman–Crippen MR) is 152 cm³/mol. The van der Waals surface area contributed by atoms with Gasteiger partial charge in [-0.2, -0.15) is 0 Å². The molecule has 7 heteroatoms. The average Bonchev–Trinajstić information content (AvgIpc) is 2.87. The van der Waals surface area contributed by atoms with Crippen LogP contribution in [0.1, 0.15) is 106 Å². The molecule has 40 heavy (non-hydrogen) atoms. The molecule has 0 radical (unpaired) electrons. The fourth-order valence-corrected chi connectivity index (χ4v) is 10.9. The molecule has 1 unspecified atom stereocenters. The van der Waals surface area contributed by atoms with Gasteiger partial charge in [0.05, 0.1) is 12.7 Å². The number of carbonyl (C=O) groups excluding carboxylic acids is 2. The lowest BCUT2D eigenvalue weighted by Gasteiger charge is -2.70. The molecule has 5 aliphatic rings. The summed E-state index contributed by atoms with van der Waals surface area (Å²) in [5.74, 6) is -1.10. The summed E-state index contributed by atoms with van der Waals surface area (Å²) in [6.45, 7) is 15.0. The maximum absolute atomic E-state index is 14.4. The van der Waals surface area contributed by atoms with Gasteiger partial charge in [0, 0.05) is 11.3 Å². The summed E-state index contributed by atoms with van der Waals surface area (Å²) in [7, 11) is 0. The van der Waals surface area contributed by atoms with Crippen LogP contribution in [0, 0.1) is 50.2 Å². The van der Waals surface area contributed by atoms with Crippen LogP contribution in [0.2, 0.25) is 0 Å². The number of aliphatic hydroxyl groups excluding tert-OH is 2. The largest absolute Gasteiger partial charge is 0.480 e. The number of amides is 1. The first-order chi connectivity index (χ1) is 18.4. The Bertz CT molecular complexity index is 1150. The van der Waals surface area contributed by atoms with Gasteiger partial charge in [0.1, 0.15) is 6.04 Å². The molecule has 10 atom stereocenters. The first-order valence-electron chi connectivity index (χ1n) is 15.5. The first-order valence-corrected chi connectivity index (χ1v) is 15.5. The first kappa shape index (κ1) is 29.8. The van der Waals surface area contributed by atoms with E-state index in [0.29, 0.717) is 12.8 Å². The van der Waals surface area contributed by atoms with Crippen LogP contribution in [0.15, 0.2) is 11.6 Å². The van der Waals surface area contributed by atoms with Crippen molar-refractivity contribution in [3.63, 3.8) is 0 Å². The lowest BCUT2D eigenvalue weighted by atomic mass is 9.33. The zero-order chi connectivity index (χ0) is 29.7. The molecular weight excluding hydrogens is 506 g/mol. The van der Waals surface area contributed by atoms with Gasteiger partial charge >= 0.3 is 5.97 Å². The van der Waals surface area contributed by atoms with Gasteiger partial charge in [-0.25, -0.2) is 4.79 Å². The molecule has 5 rings (SSSR count). The fraction of sp³-hybridized carbons (Fsp3) is 0.848. The van der Waals surface area contributed by atoms with E-state index in [9.17, 15) is 29.7 Å². The lowest BCUT2D eigenvalue weighted by molar-refractivity contribution is -0.202. The monoisotopic (exact) mass is 557 g/mol. The smallest absolute Gasteiger partial charge is 0.328 e. The van der Waals surface area contributed by atoms with E-state index in [2.05, 4.69) is 46.9 Å². The molecule has 0 aromatic rings. The number of carboxylic acids is 1. The Morgan fingerprint density at radius 1 is 0.975 bits per heavy atom. The van der Waals surface area contributed by atoms with Crippen LogP contribution >= 0.6 is 0 Å². The summed E-state index contributed by atoms with van der Waals surface area (Å²) >= 11 is 0. The number of rotatable bonds is 4. The quantitative estimate of drug-likeness (QED) is 0.390. The van der Waals surface area contributed by atoms with Gasteiger partial charge in [-0.05, 0) is 103 Å². The summed E-state index contributed by atoms with van der Waals surface area (Å²) < 4.78 is 0. The summed E-state index contributed by atoms with van der Waals surface area (Å²) in [5, 5.41) is 32.4. The predicted octanol–water partition coefficient (Wildman–Crippen LogP) is 4.89. The third-order valence-corrected chi connectivity index (χ3v) is 13.9. The Kier molecular flexibility index (Phi) is 6.79. The highest BCUT2D eigenvalue weighted by Crippen LogP contribution is 2.75. The molecule has 0 aliphatic heterocycles. The molecule has 1 amide bonds. The molecule has 4 fully saturated rings. The van der Waals surface area contributed by atoms with Gasteiger partial charge in [0.25, 0.3) is 0 Å². The minimum Gasteiger partial charge on any atom is -0.480 e. The minimum atomic E-state index is -1.32. The van der Waals surface area contributed by atoms with Crippen molar-refractivity contribution in [1.29, 1.82) is 0 Å². The van der Waals surface area contributed by atoms with Crippen LogP contribution < -0.4 is 5.32 Å². The van der Waals surface area contributed by atoms with Gasteiger partial charge in [-0.15, -0.1) is 0 Å². The number of aliphatic carboxylic acids is 1. The van der Waals surface area contributed by atoms with E-state index < -0.39 is 24.0 Å². The maximum Gasteiger partial charge on any atom is 0.328 e. The van der Waals surface area contributed by atoms with E-state index in [-0.39, 0.29) is 62.6 Å². The van der Waals surface area contributed by atoms with Crippen LogP contribution in [0.25, 0.3) is 0 Å². The highest BCUT2D eigenvalue weighted by atomic mass is 16.4. The number of nitrogens with one attached hydrogen (secondary N) is 1. The standard InChI is InChI=1S/C33H51NO6/c1-28(2)23-8-11-33(7)25(31(23,5)10-9-24(28)37)22(36)16-19-20-17-30(4,27(40)34-21(18-35)26(38)39)13-12-29(20,3)14-15-32(19,33)6/h16,20-21,23-25,35,37H,8-15,17-18H2,1-7H3,(H,34,40)(H,38,39)/t20-,21?,23-,24-,25+,29+,30-,31-,32+,33+/m0/s1. The highest BCUT2D eigenvalue weighted by Gasteiger charge is 2.70. The number of aliphatic hydroxyl groups is 2. The molecule has 5 aliphatic carbocycles. The van der Waals surface area contributed by atoms with E-state index in [1.807, 2.05) is 13.0 Å². The number of fused-ring (bicyclic) bond motifs is 7. The number of hydrogen-bond acceptors (Lipinski definition) is 5. The Balaban J connectivity index is 1.53. The van der Waals surface area contributed by atoms with Crippen LogP contribution in [0.5, 0.6) is 0 Å². The normalized spacial score (nSPS) is 48.4. The summed E-state index contributed by atoms with van der Waals surface area (Å²) in [4.78, 5) is 39.4. The second-order valence-electron chi connectivity index (χ2n) is 16.2. The SMILES string of the molecule is CC1(C)[C@@H](O)CC[C@]2(C)[C@H]3C(=O)C=C4[C@@H]5C[C@@](C)(C(=O)NC(CO)C(=O)O)CC[C@]5(C)CC[C@@]4(C)[C@]3(C)CC[C@@H]12. The molecule has 0 bridgehead atoms. The van der Waals surface area contributed by atoms with Crippen molar-refractivity contribution >= 4 is 17.7 Å². The minimum absolute atomic E-state index is 0.0180. The molecule has 7 nitrogen and oxygen atoms in total. The average molecular weight is 558 g/mol. The van der Waals surface area contributed by atoms with Gasteiger partial charge in [0.15, 0.2) is 5.78 Å². The Labute approximate surface area is 239 Å². The molecule has 0 spiro atoms. The van der Waals surface area contributed by atoms with Gasteiger partial charge in [-0.1, -0.05) is 54.0 Å². The van der Waals surface area contributed by atoms with Crippen molar-refractivity contribution in [3.05, 3.63) is 11.6 Å². The molecule has 0 saturated heterocycles. The summed E-state index contributed by atoms with van der Waals surface area (Å²) in [5.41, 5.74) is -0.372. The lowest BCUT2D eigenvalue weighted by Crippen LogP contribution is -2.66. The van der Waals surface area contributed by atoms with E-state index in [1.54, 1.807) is 0 Å². The van der Waals surface area contributed by atoms with Gasteiger partial charge in [-0.3, -0.25) is 9.59 Å². The Morgan fingerprint density at radius 2 is 1.62 bits per heavy atom. The highest BCUT2D eigenvalue weighted by molar-refractivity contribution is 5.96. The molecule has 0 heterocycles. The van der Waals surface area contributed by atoms with Gasteiger partial charge in [0.2, 0.25) is 5.91 Å². The molecule has 0 aromatic heterocycles. The third kappa shape index (κ3) is 3.85. The zero-order valence-electron chi connectivity index (χ0n) is 25.6. The van der Waals surface area contributed by atoms with E-state index in [4.69, 9.17) is 0 Å². The topological polar surface area (TPSA) is 124 Å². The van der Waals surface area contributed by atoms with Crippen molar-refractivity contribution < 1.29 is 29.7 Å². The van der Waals surface area contributed by atoms with Crippen molar-refractivity contribution in [1.82, 2.24) is 5.32 Å². The number of hydrogen-bond donors (Lipinski definition) is 4. The van der Waals surface area contributed by atoms with E-state index in [0.717, 1.165) is 44.9 Å². The van der Waals surface area contributed by atoms with Crippen molar-refractivity contribution in [2.45, 2.75) is 118 Å². The van der Waals surface area contributed by atoms with Crippen molar-refractivity contribution in [2.75, 3.05) is 6.61 Å². The number of ketones is 1. The second-order valence-corrected chi connectivity index (χ2v) is 16.2. The van der Waals surface area contributed by atoms with E-state index in [1.165, 1.54) is 5.57 Å². The molecule has 4 N–H and O–H groups in total. The molecular formula is C33H51NO6. The molecule has 4 saturated carbocycles. The van der Waals surface area contributed by atoms with E-state index >= 15 is 0 Å². The summed E-state index contributed by atoms with van der Waals surface area (Å²) in [6.07, 6.45) is 9.31. The molecule has 0 aromatic carbocycles. The third-order valence-electron chi connectivity index (χ3n) is 13.9. The van der Waals surface area contributed by atoms with Crippen LogP contribution in [0.4, 0.5) is 0 Å². The number of carboxylic acid groups (broad SMARTS) is 1.